The van der Waals surface area contributed by atoms with Gasteiger partial charge in [0.2, 0.25) is 11.8 Å². The number of benzene rings is 3. The topological polar surface area (TPSA) is 49.4 Å². The molecule has 0 aliphatic heterocycles. The molecule has 3 aromatic carbocycles. The minimum atomic E-state index is -0.670. The average molecular weight is 415 g/mol. The molecule has 4 heteroatoms. The molecule has 0 radical (unpaired) electrons. The van der Waals surface area contributed by atoms with E-state index in [2.05, 4.69) is 5.32 Å². The van der Waals surface area contributed by atoms with Crippen molar-refractivity contribution in [2.45, 2.75) is 38.8 Å². The highest BCUT2D eigenvalue weighted by Gasteiger charge is 2.30. The first-order valence-corrected chi connectivity index (χ1v) is 10.9. The highest BCUT2D eigenvalue weighted by molar-refractivity contribution is 5.88. The largest absolute Gasteiger partial charge is 0.354 e. The Morgan fingerprint density at radius 1 is 0.806 bits per heavy atom. The summed E-state index contributed by atoms with van der Waals surface area (Å²) in [5.41, 5.74) is 2.99. The molecule has 3 aromatic rings. The Kier molecular flexibility index (Phi) is 8.41. The third kappa shape index (κ3) is 6.54. The second-order valence-corrected chi connectivity index (χ2v) is 7.60. The lowest BCUT2D eigenvalue weighted by Crippen LogP contribution is -2.43. The van der Waals surface area contributed by atoms with Crippen LogP contribution < -0.4 is 5.32 Å². The van der Waals surface area contributed by atoms with E-state index in [4.69, 9.17) is 0 Å². The van der Waals surface area contributed by atoms with Gasteiger partial charge in [0.05, 0.1) is 0 Å². The molecule has 4 nitrogen and oxygen atoms in total. The number of hydrogen-bond donors (Lipinski definition) is 1. The first-order valence-electron chi connectivity index (χ1n) is 10.9. The Bertz CT molecular complexity index is 943. The number of carbonyl (C=O) groups excluding carboxylic acids is 2. The predicted molar refractivity (Wildman–Crippen MR) is 124 cm³/mol. The summed E-state index contributed by atoms with van der Waals surface area (Å²) in [6, 6.07) is 28.8. The Labute approximate surface area is 184 Å². The molecule has 0 aliphatic carbocycles. The summed E-state index contributed by atoms with van der Waals surface area (Å²) in [5, 5.41) is 3.06. The van der Waals surface area contributed by atoms with Crippen molar-refractivity contribution in [3.05, 3.63) is 108 Å². The van der Waals surface area contributed by atoms with E-state index in [1.54, 1.807) is 4.90 Å². The van der Waals surface area contributed by atoms with Crippen molar-refractivity contribution < 1.29 is 9.59 Å². The third-order valence-electron chi connectivity index (χ3n) is 5.21. The van der Waals surface area contributed by atoms with Crippen LogP contribution in [0.25, 0.3) is 0 Å². The van der Waals surface area contributed by atoms with E-state index >= 15 is 0 Å². The van der Waals surface area contributed by atoms with Crippen LogP contribution in [-0.4, -0.2) is 23.3 Å². The van der Waals surface area contributed by atoms with E-state index in [1.165, 1.54) is 5.56 Å². The monoisotopic (exact) mass is 414 g/mol. The molecular formula is C27H30N2O2. The quantitative estimate of drug-likeness (QED) is 0.512. The molecule has 0 aromatic heterocycles. The van der Waals surface area contributed by atoms with Gasteiger partial charge in [-0.3, -0.25) is 9.59 Å². The van der Waals surface area contributed by atoms with Crippen LogP contribution in [-0.2, 0) is 22.6 Å². The zero-order valence-electron chi connectivity index (χ0n) is 18.0. The molecule has 0 unspecified atom stereocenters. The molecule has 0 saturated carbocycles. The molecular weight excluding hydrogens is 384 g/mol. The normalized spacial score (nSPS) is 11.5. The number of hydrogen-bond acceptors (Lipinski definition) is 2. The van der Waals surface area contributed by atoms with Crippen LogP contribution >= 0.6 is 0 Å². The fourth-order valence-corrected chi connectivity index (χ4v) is 3.64. The number of amides is 2. The minimum absolute atomic E-state index is 0.0154. The summed E-state index contributed by atoms with van der Waals surface area (Å²) in [4.78, 5) is 28.2. The van der Waals surface area contributed by atoms with Crippen molar-refractivity contribution in [3.63, 3.8) is 0 Å². The van der Waals surface area contributed by atoms with Crippen LogP contribution in [0.4, 0.5) is 0 Å². The lowest BCUT2D eigenvalue weighted by molar-refractivity contribution is -0.141. The summed E-state index contributed by atoms with van der Waals surface area (Å²) in [6.45, 7) is 2.90. The zero-order chi connectivity index (χ0) is 21.9. The van der Waals surface area contributed by atoms with Crippen LogP contribution in [0.5, 0.6) is 0 Å². The summed E-state index contributed by atoms with van der Waals surface area (Å²) < 4.78 is 0. The van der Waals surface area contributed by atoms with Crippen molar-refractivity contribution in [3.8, 4) is 0 Å². The smallest absolute Gasteiger partial charge is 0.247 e. The Morgan fingerprint density at radius 3 is 1.94 bits per heavy atom. The van der Waals surface area contributed by atoms with Gasteiger partial charge in [-0.25, -0.2) is 0 Å². The van der Waals surface area contributed by atoms with E-state index in [-0.39, 0.29) is 11.8 Å². The van der Waals surface area contributed by atoms with E-state index in [0.717, 1.165) is 24.0 Å². The van der Waals surface area contributed by atoms with Crippen LogP contribution in [0.3, 0.4) is 0 Å². The molecule has 0 fully saturated rings. The highest BCUT2D eigenvalue weighted by Crippen LogP contribution is 2.25. The molecule has 1 atom stereocenters. The number of nitrogens with one attached hydrogen (secondary N) is 1. The Balaban J connectivity index is 1.83. The highest BCUT2D eigenvalue weighted by atomic mass is 16.2. The van der Waals surface area contributed by atoms with Gasteiger partial charge in [0, 0.05) is 19.5 Å². The third-order valence-corrected chi connectivity index (χ3v) is 5.21. The van der Waals surface area contributed by atoms with E-state index in [1.807, 2.05) is 97.9 Å². The van der Waals surface area contributed by atoms with Crippen molar-refractivity contribution in [1.29, 1.82) is 0 Å². The van der Waals surface area contributed by atoms with Crippen molar-refractivity contribution in [2.75, 3.05) is 6.54 Å². The molecule has 0 spiro atoms. The van der Waals surface area contributed by atoms with Gasteiger partial charge in [-0.05, 0) is 29.5 Å². The fraction of sp³-hybridized carbons (Fsp3) is 0.259. The van der Waals surface area contributed by atoms with Gasteiger partial charge in [-0.2, -0.15) is 0 Å². The molecule has 0 aliphatic rings. The zero-order valence-corrected chi connectivity index (χ0v) is 18.0. The Morgan fingerprint density at radius 2 is 1.35 bits per heavy atom. The fourth-order valence-electron chi connectivity index (χ4n) is 3.64. The van der Waals surface area contributed by atoms with E-state index < -0.39 is 6.04 Å². The van der Waals surface area contributed by atoms with Gasteiger partial charge >= 0.3 is 0 Å². The lowest BCUT2D eigenvalue weighted by Gasteiger charge is -2.31. The molecule has 3 rings (SSSR count). The van der Waals surface area contributed by atoms with Gasteiger partial charge in [0.15, 0.2) is 0 Å². The SMILES string of the molecule is CCCC(=O)N(Cc1ccccc1)[C@H](C(=O)NCCc1ccccc1)c1ccccc1. The van der Waals surface area contributed by atoms with Crippen molar-refractivity contribution in [2.24, 2.45) is 0 Å². The van der Waals surface area contributed by atoms with Crippen LogP contribution in [0.1, 0.15) is 42.5 Å². The van der Waals surface area contributed by atoms with Crippen LogP contribution in [0.15, 0.2) is 91.0 Å². The molecule has 1 N–H and O–H groups in total. The van der Waals surface area contributed by atoms with Gasteiger partial charge in [-0.1, -0.05) is 97.9 Å². The summed E-state index contributed by atoms with van der Waals surface area (Å²) in [7, 11) is 0. The first kappa shape index (κ1) is 22.3. The van der Waals surface area contributed by atoms with Crippen molar-refractivity contribution in [1.82, 2.24) is 10.2 Å². The molecule has 0 saturated heterocycles. The molecule has 0 heterocycles. The average Bonchev–Trinajstić information content (AvgIpc) is 2.81. The maximum Gasteiger partial charge on any atom is 0.247 e. The molecule has 2 amide bonds. The standard InChI is InChI=1S/C27H30N2O2/c1-2-12-25(30)29(21-23-15-8-4-9-16-23)26(24-17-10-5-11-18-24)27(31)28-20-19-22-13-6-3-7-14-22/h3-11,13-18,26H,2,12,19-21H2,1H3,(H,28,31)/t26-/m0/s1. The summed E-state index contributed by atoms with van der Waals surface area (Å²) in [6.07, 6.45) is 1.89. The molecule has 160 valence electrons. The molecule has 0 bridgehead atoms. The van der Waals surface area contributed by atoms with Gasteiger partial charge < -0.3 is 10.2 Å². The summed E-state index contributed by atoms with van der Waals surface area (Å²) in [5.74, 6) is -0.166. The minimum Gasteiger partial charge on any atom is -0.354 e. The van der Waals surface area contributed by atoms with Crippen LogP contribution in [0, 0.1) is 0 Å². The second-order valence-electron chi connectivity index (χ2n) is 7.60. The maximum atomic E-state index is 13.4. The maximum absolute atomic E-state index is 13.4. The number of carbonyl (C=O) groups is 2. The molecule has 31 heavy (non-hydrogen) atoms. The van der Waals surface area contributed by atoms with E-state index in [9.17, 15) is 9.59 Å². The lowest BCUT2D eigenvalue weighted by atomic mass is 10.0. The van der Waals surface area contributed by atoms with Gasteiger partial charge in [0.25, 0.3) is 0 Å². The van der Waals surface area contributed by atoms with E-state index in [0.29, 0.717) is 19.5 Å². The number of rotatable bonds is 10. The van der Waals surface area contributed by atoms with Crippen LogP contribution in [0.2, 0.25) is 0 Å². The number of nitrogens with zero attached hydrogens (tertiary/aromatic N) is 1. The van der Waals surface area contributed by atoms with Gasteiger partial charge in [0.1, 0.15) is 6.04 Å². The first-order chi connectivity index (χ1) is 15.2. The predicted octanol–water partition coefficient (Wildman–Crippen LogP) is 4.92. The second kappa shape index (κ2) is 11.7. The summed E-state index contributed by atoms with van der Waals surface area (Å²) >= 11 is 0. The van der Waals surface area contributed by atoms with Gasteiger partial charge in [-0.15, -0.1) is 0 Å². The van der Waals surface area contributed by atoms with Crippen molar-refractivity contribution >= 4 is 11.8 Å². The Hall–Kier alpha value is -3.40.